The van der Waals surface area contributed by atoms with Gasteiger partial charge in [0, 0.05) is 5.56 Å². The first kappa shape index (κ1) is 11.6. The molecule has 3 rings (SSSR count). The molecule has 0 fully saturated rings. The van der Waals surface area contributed by atoms with Crippen molar-refractivity contribution in [2.24, 2.45) is 5.73 Å². The summed E-state index contributed by atoms with van der Waals surface area (Å²) in [7, 11) is 0. The smallest absolute Gasteiger partial charge is 0.306 e. The van der Waals surface area contributed by atoms with E-state index in [4.69, 9.17) is 10.2 Å². The highest BCUT2D eigenvalue weighted by molar-refractivity contribution is 7.08. The van der Waals surface area contributed by atoms with Crippen LogP contribution in [0.3, 0.4) is 0 Å². The number of aromatic nitrogens is 2. The van der Waals surface area contributed by atoms with Crippen molar-refractivity contribution < 1.29 is 9.21 Å². The number of carbonyl (C=O) groups is 1. The van der Waals surface area contributed by atoms with Crippen LogP contribution in [0.4, 0.5) is 0 Å². The number of hydrogen-bond acceptors (Lipinski definition) is 5. The average molecular weight is 271 g/mol. The fraction of sp³-hybridized carbons (Fsp3) is 0. The lowest BCUT2D eigenvalue weighted by Crippen LogP contribution is -2.10. The number of thiophene rings is 1. The zero-order chi connectivity index (χ0) is 13.2. The Hall–Kier alpha value is -2.47. The van der Waals surface area contributed by atoms with Crippen molar-refractivity contribution in [2.45, 2.75) is 0 Å². The SMILES string of the molecule is NC(=O)c1nnc(-c2cccc(-c3ccsc3)c2)o1. The molecule has 6 heteroatoms. The topological polar surface area (TPSA) is 82.0 Å². The minimum Gasteiger partial charge on any atom is -0.412 e. The molecular formula is C13H9N3O2S. The van der Waals surface area contributed by atoms with Gasteiger partial charge in [0.2, 0.25) is 5.89 Å². The summed E-state index contributed by atoms with van der Waals surface area (Å²) >= 11 is 1.63. The molecule has 5 nitrogen and oxygen atoms in total. The van der Waals surface area contributed by atoms with Crippen LogP contribution >= 0.6 is 11.3 Å². The molecule has 0 aliphatic heterocycles. The van der Waals surface area contributed by atoms with E-state index < -0.39 is 5.91 Å². The highest BCUT2D eigenvalue weighted by atomic mass is 32.1. The van der Waals surface area contributed by atoms with Gasteiger partial charge in [-0.25, -0.2) is 0 Å². The summed E-state index contributed by atoms with van der Waals surface area (Å²) in [6.07, 6.45) is 0. The van der Waals surface area contributed by atoms with Crippen molar-refractivity contribution in [1.82, 2.24) is 10.2 Å². The molecule has 0 radical (unpaired) electrons. The molecule has 0 saturated heterocycles. The molecule has 0 saturated carbocycles. The van der Waals surface area contributed by atoms with Crippen LogP contribution in [0.5, 0.6) is 0 Å². The maximum absolute atomic E-state index is 10.9. The Morgan fingerprint density at radius 1 is 1.16 bits per heavy atom. The molecule has 3 aromatic rings. The summed E-state index contributed by atoms with van der Waals surface area (Å²) < 4.78 is 5.21. The van der Waals surface area contributed by atoms with Crippen LogP contribution in [0.15, 0.2) is 45.5 Å². The number of rotatable bonds is 3. The van der Waals surface area contributed by atoms with Crippen LogP contribution in [0.25, 0.3) is 22.6 Å². The second-order valence-electron chi connectivity index (χ2n) is 3.87. The van der Waals surface area contributed by atoms with Crippen molar-refractivity contribution in [3.05, 3.63) is 47.0 Å². The van der Waals surface area contributed by atoms with Crippen LogP contribution < -0.4 is 5.73 Å². The molecule has 94 valence electrons. The minimum absolute atomic E-state index is 0.184. The van der Waals surface area contributed by atoms with E-state index in [1.165, 1.54) is 0 Å². The van der Waals surface area contributed by atoms with Gasteiger partial charge in [0.05, 0.1) is 0 Å². The van der Waals surface area contributed by atoms with Crippen molar-refractivity contribution >= 4 is 17.2 Å². The Labute approximate surface area is 112 Å². The lowest BCUT2D eigenvalue weighted by Gasteiger charge is -2.00. The van der Waals surface area contributed by atoms with Gasteiger partial charge in [-0.1, -0.05) is 12.1 Å². The first-order chi connectivity index (χ1) is 9.24. The Morgan fingerprint density at radius 2 is 2.00 bits per heavy atom. The molecule has 0 aliphatic carbocycles. The number of benzene rings is 1. The molecule has 0 unspecified atom stereocenters. The van der Waals surface area contributed by atoms with Crippen LogP contribution in [0.1, 0.15) is 10.7 Å². The summed E-state index contributed by atoms with van der Waals surface area (Å²) in [6, 6.07) is 9.70. The first-order valence-electron chi connectivity index (χ1n) is 5.50. The van der Waals surface area contributed by atoms with E-state index in [0.29, 0.717) is 0 Å². The largest absolute Gasteiger partial charge is 0.412 e. The van der Waals surface area contributed by atoms with Crippen molar-refractivity contribution in [3.8, 4) is 22.6 Å². The number of nitrogens with two attached hydrogens (primary N) is 1. The molecule has 0 aliphatic rings. The van der Waals surface area contributed by atoms with Crippen molar-refractivity contribution in [1.29, 1.82) is 0 Å². The zero-order valence-corrected chi connectivity index (χ0v) is 10.6. The van der Waals surface area contributed by atoms with E-state index in [2.05, 4.69) is 15.6 Å². The summed E-state index contributed by atoms with van der Waals surface area (Å²) in [5.74, 6) is -0.630. The molecule has 0 atom stereocenters. The average Bonchev–Trinajstić information content (AvgIpc) is 3.10. The highest BCUT2D eigenvalue weighted by Crippen LogP contribution is 2.26. The van der Waals surface area contributed by atoms with E-state index in [1.54, 1.807) is 11.3 Å². The predicted molar refractivity (Wildman–Crippen MR) is 71.6 cm³/mol. The summed E-state index contributed by atoms with van der Waals surface area (Å²) in [6.45, 7) is 0. The fourth-order valence-corrected chi connectivity index (χ4v) is 2.36. The second-order valence-corrected chi connectivity index (χ2v) is 4.65. The molecule has 1 amide bonds. The number of primary amides is 1. The quantitative estimate of drug-likeness (QED) is 0.793. The third-order valence-corrected chi connectivity index (χ3v) is 3.28. The van der Waals surface area contributed by atoms with Gasteiger partial charge in [0.25, 0.3) is 0 Å². The minimum atomic E-state index is -0.729. The highest BCUT2D eigenvalue weighted by Gasteiger charge is 2.13. The fourth-order valence-electron chi connectivity index (χ4n) is 1.70. The van der Waals surface area contributed by atoms with Gasteiger partial charge in [0.1, 0.15) is 0 Å². The van der Waals surface area contributed by atoms with E-state index in [1.807, 2.05) is 35.7 Å². The Balaban J connectivity index is 2.01. The van der Waals surface area contributed by atoms with Crippen LogP contribution in [-0.2, 0) is 0 Å². The van der Waals surface area contributed by atoms with Gasteiger partial charge in [-0.05, 0) is 40.1 Å². The van der Waals surface area contributed by atoms with Gasteiger partial charge in [-0.2, -0.15) is 11.3 Å². The Bertz CT molecular complexity index is 719. The van der Waals surface area contributed by atoms with Crippen LogP contribution in [-0.4, -0.2) is 16.1 Å². The normalized spacial score (nSPS) is 10.5. The van der Waals surface area contributed by atoms with Gasteiger partial charge >= 0.3 is 11.8 Å². The lowest BCUT2D eigenvalue weighted by atomic mass is 10.1. The number of amides is 1. The first-order valence-corrected chi connectivity index (χ1v) is 6.44. The van der Waals surface area contributed by atoms with Crippen LogP contribution in [0.2, 0.25) is 0 Å². The summed E-state index contributed by atoms with van der Waals surface area (Å²) in [5.41, 5.74) is 8.01. The molecule has 0 bridgehead atoms. The Kier molecular flexibility index (Phi) is 2.85. The maximum atomic E-state index is 10.9. The van der Waals surface area contributed by atoms with Gasteiger partial charge in [-0.3, -0.25) is 4.79 Å². The monoisotopic (exact) mass is 271 g/mol. The lowest BCUT2D eigenvalue weighted by molar-refractivity contribution is 0.0968. The number of nitrogens with zero attached hydrogens (tertiary/aromatic N) is 2. The molecule has 2 aromatic heterocycles. The predicted octanol–water partition coefficient (Wildman–Crippen LogP) is 2.56. The molecule has 0 spiro atoms. The van der Waals surface area contributed by atoms with E-state index in [0.717, 1.165) is 16.7 Å². The van der Waals surface area contributed by atoms with E-state index >= 15 is 0 Å². The number of carbonyl (C=O) groups excluding carboxylic acids is 1. The second kappa shape index (κ2) is 4.66. The third-order valence-electron chi connectivity index (χ3n) is 2.60. The van der Waals surface area contributed by atoms with Crippen molar-refractivity contribution in [2.75, 3.05) is 0 Å². The molecule has 2 N–H and O–H groups in total. The van der Waals surface area contributed by atoms with E-state index in [-0.39, 0.29) is 11.8 Å². The van der Waals surface area contributed by atoms with Crippen molar-refractivity contribution in [3.63, 3.8) is 0 Å². The van der Waals surface area contributed by atoms with Crippen LogP contribution in [0, 0.1) is 0 Å². The standard InChI is InChI=1S/C13H9N3O2S/c14-11(17)13-16-15-12(18-13)9-3-1-2-8(6-9)10-4-5-19-7-10/h1-7H,(H2,14,17). The molecule has 2 heterocycles. The molecule has 1 aromatic carbocycles. The van der Waals surface area contributed by atoms with Gasteiger partial charge in [0.15, 0.2) is 0 Å². The summed E-state index contributed by atoms with van der Waals surface area (Å²) in [5, 5.41) is 11.5. The molecule has 19 heavy (non-hydrogen) atoms. The molecular weight excluding hydrogens is 262 g/mol. The van der Waals surface area contributed by atoms with Gasteiger partial charge in [-0.15, -0.1) is 10.2 Å². The van der Waals surface area contributed by atoms with E-state index in [9.17, 15) is 4.79 Å². The maximum Gasteiger partial charge on any atom is 0.306 e. The third kappa shape index (κ3) is 2.25. The van der Waals surface area contributed by atoms with Gasteiger partial charge < -0.3 is 10.2 Å². The zero-order valence-electron chi connectivity index (χ0n) is 9.74. The summed E-state index contributed by atoms with van der Waals surface area (Å²) in [4.78, 5) is 10.9. The number of hydrogen-bond donors (Lipinski definition) is 1. The Morgan fingerprint density at radius 3 is 2.68 bits per heavy atom.